The molecule has 0 amide bonds. The molecule has 1 aromatic rings. The largest absolute Gasteiger partial charge is 0.371 e. The van der Waals surface area contributed by atoms with Crippen molar-refractivity contribution in [3.8, 4) is 0 Å². The maximum Gasteiger partial charge on any atom is 0.108 e. The average molecular weight is 332 g/mol. The average Bonchev–Trinajstić information content (AvgIpc) is 2.41. The Morgan fingerprint density at radius 3 is 2.17 bits per heavy atom. The predicted octanol–water partition coefficient (Wildman–Crippen LogP) is 4.35. The Hall–Kier alpha value is -1.68. The van der Waals surface area contributed by atoms with Crippen molar-refractivity contribution in [2.75, 3.05) is 6.54 Å². The summed E-state index contributed by atoms with van der Waals surface area (Å²) in [6, 6.07) is 8.09. The number of rotatable bonds is 6. The molecule has 0 bridgehead atoms. The van der Waals surface area contributed by atoms with Crippen LogP contribution in [0.1, 0.15) is 59.1 Å². The highest BCUT2D eigenvalue weighted by Gasteiger charge is 2.23. The van der Waals surface area contributed by atoms with E-state index < -0.39 is 0 Å². The zero-order valence-corrected chi connectivity index (χ0v) is 16.3. The molecule has 0 saturated carbocycles. The Labute approximate surface area is 147 Å². The summed E-state index contributed by atoms with van der Waals surface area (Å²) >= 11 is 0. The van der Waals surface area contributed by atoms with Crippen LogP contribution in [0.5, 0.6) is 0 Å². The number of ether oxygens (including phenoxy) is 1. The molecule has 2 N–H and O–H groups in total. The van der Waals surface area contributed by atoms with Gasteiger partial charge in [-0.2, -0.15) is 5.10 Å². The standard InChI is InChI=1S/C20H33N3O/c1-15-8-10-16(11-9-15)18(23-21)14-22-13-17(12-19(2,3)4)24-20(5,6)7/h8-11,14,17H,12-13,21H2,1-7H3. The summed E-state index contributed by atoms with van der Waals surface area (Å²) in [4.78, 5) is 4.55. The number of benzene rings is 1. The van der Waals surface area contributed by atoms with Crippen molar-refractivity contribution in [2.45, 2.75) is 66.6 Å². The molecule has 1 aromatic carbocycles. The molecule has 4 nitrogen and oxygen atoms in total. The van der Waals surface area contributed by atoms with Crippen LogP contribution in [0, 0.1) is 12.3 Å². The van der Waals surface area contributed by atoms with E-state index in [2.05, 4.69) is 58.6 Å². The highest BCUT2D eigenvalue weighted by molar-refractivity contribution is 6.38. The van der Waals surface area contributed by atoms with E-state index in [0.29, 0.717) is 12.3 Å². The Kier molecular flexibility index (Phi) is 7.15. The second-order valence-electron chi connectivity index (χ2n) is 8.49. The van der Waals surface area contributed by atoms with Crippen LogP contribution in [-0.2, 0) is 4.74 Å². The first-order chi connectivity index (χ1) is 11.0. The second kappa shape index (κ2) is 8.43. The minimum atomic E-state index is -0.187. The smallest absolute Gasteiger partial charge is 0.108 e. The van der Waals surface area contributed by atoms with Gasteiger partial charge in [0.05, 0.1) is 18.2 Å². The molecule has 0 aliphatic rings. The number of hydrazone groups is 1. The first kappa shape index (κ1) is 20.4. The molecule has 1 atom stereocenters. The van der Waals surface area contributed by atoms with Gasteiger partial charge in [0.15, 0.2) is 0 Å². The second-order valence-corrected chi connectivity index (χ2v) is 8.49. The number of aryl methyl sites for hydroxylation is 1. The quantitative estimate of drug-likeness (QED) is 0.478. The van der Waals surface area contributed by atoms with E-state index >= 15 is 0 Å². The lowest BCUT2D eigenvalue weighted by Gasteiger charge is -2.31. The van der Waals surface area contributed by atoms with Gasteiger partial charge in [0.25, 0.3) is 0 Å². The molecule has 1 unspecified atom stereocenters. The number of hydrogen-bond donors (Lipinski definition) is 1. The summed E-state index contributed by atoms with van der Waals surface area (Å²) in [5, 5.41) is 3.86. The highest BCUT2D eigenvalue weighted by atomic mass is 16.5. The number of hydrogen-bond acceptors (Lipinski definition) is 4. The molecular weight excluding hydrogens is 298 g/mol. The van der Waals surface area contributed by atoms with Crippen LogP contribution in [0.2, 0.25) is 0 Å². The Bertz CT molecular complexity index is 544. The van der Waals surface area contributed by atoms with Gasteiger partial charge in [-0.25, -0.2) is 0 Å². The molecule has 0 aliphatic heterocycles. The van der Waals surface area contributed by atoms with E-state index in [0.717, 1.165) is 12.0 Å². The lowest BCUT2D eigenvalue weighted by Crippen LogP contribution is -2.32. The summed E-state index contributed by atoms with van der Waals surface area (Å²) in [5.41, 5.74) is 2.85. The molecule has 0 aliphatic carbocycles. The van der Waals surface area contributed by atoms with Crippen molar-refractivity contribution in [1.29, 1.82) is 0 Å². The summed E-state index contributed by atoms with van der Waals surface area (Å²) in [6.07, 6.45) is 2.76. The van der Waals surface area contributed by atoms with E-state index in [1.54, 1.807) is 6.21 Å². The molecular formula is C20H33N3O. The molecule has 0 saturated heterocycles. The van der Waals surface area contributed by atoms with E-state index in [-0.39, 0.29) is 17.1 Å². The van der Waals surface area contributed by atoms with E-state index in [1.165, 1.54) is 5.56 Å². The fourth-order valence-electron chi connectivity index (χ4n) is 2.49. The van der Waals surface area contributed by atoms with Gasteiger partial charge in [0.1, 0.15) is 5.71 Å². The van der Waals surface area contributed by atoms with Crippen LogP contribution in [0.4, 0.5) is 0 Å². The first-order valence-electron chi connectivity index (χ1n) is 8.53. The van der Waals surface area contributed by atoms with Crippen molar-refractivity contribution in [2.24, 2.45) is 21.4 Å². The van der Waals surface area contributed by atoms with E-state index in [4.69, 9.17) is 10.6 Å². The Morgan fingerprint density at radius 2 is 1.71 bits per heavy atom. The third-order valence-corrected chi connectivity index (χ3v) is 3.37. The molecule has 134 valence electrons. The summed E-state index contributed by atoms with van der Waals surface area (Å²) in [6.45, 7) is 15.5. The molecule has 0 aromatic heterocycles. The van der Waals surface area contributed by atoms with Gasteiger partial charge in [-0.1, -0.05) is 50.6 Å². The van der Waals surface area contributed by atoms with Gasteiger partial charge in [-0.15, -0.1) is 0 Å². The Balaban J connectivity index is 2.79. The third kappa shape index (κ3) is 8.25. The summed E-state index contributed by atoms with van der Waals surface area (Å²) in [5.74, 6) is 5.53. The van der Waals surface area contributed by atoms with Crippen LogP contribution in [0.3, 0.4) is 0 Å². The molecule has 0 fully saturated rings. The van der Waals surface area contributed by atoms with E-state index in [9.17, 15) is 0 Å². The van der Waals surface area contributed by atoms with Gasteiger partial charge in [-0.3, -0.25) is 4.99 Å². The minimum absolute atomic E-state index is 0.0679. The van der Waals surface area contributed by atoms with Crippen LogP contribution >= 0.6 is 0 Å². The maximum absolute atomic E-state index is 6.17. The summed E-state index contributed by atoms with van der Waals surface area (Å²) < 4.78 is 6.17. The fraction of sp³-hybridized carbons (Fsp3) is 0.600. The monoisotopic (exact) mass is 331 g/mol. The van der Waals surface area contributed by atoms with Crippen LogP contribution in [0.25, 0.3) is 0 Å². The number of nitrogens with two attached hydrogens (primary N) is 1. The normalized spacial score (nSPS) is 15.0. The zero-order chi connectivity index (χ0) is 18.4. The zero-order valence-electron chi connectivity index (χ0n) is 16.3. The van der Waals surface area contributed by atoms with Gasteiger partial charge in [0, 0.05) is 11.8 Å². The fourth-order valence-corrected chi connectivity index (χ4v) is 2.49. The lowest BCUT2D eigenvalue weighted by molar-refractivity contribution is -0.0689. The first-order valence-corrected chi connectivity index (χ1v) is 8.53. The van der Waals surface area contributed by atoms with Gasteiger partial charge in [-0.05, 0) is 39.5 Å². The van der Waals surface area contributed by atoms with Gasteiger partial charge in [0.2, 0.25) is 0 Å². The van der Waals surface area contributed by atoms with Crippen LogP contribution in [0.15, 0.2) is 34.4 Å². The summed E-state index contributed by atoms with van der Waals surface area (Å²) in [7, 11) is 0. The topological polar surface area (TPSA) is 60.0 Å². The molecule has 1 rings (SSSR count). The molecule has 24 heavy (non-hydrogen) atoms. The Morgan fingerprint density at radius 1 is 1.12 bits per heavy atom. The highest BCUT2D eigenvalue weighted by Crippen LogP contribution is 2.25. The number of aliphatic imine (C=N–C) groups is 1. The third-order valence-electron chi connectivity index (χ3n) is 3.37. The van der Waals surface area contributed by atoms with Crippen molar-refractivity contribution in [3.63, 3.8) is 0 Å². The molecule has 0 heterocycles. The van der Waals surface area contributed by atoms with Crippen molar-refractivity contribution >= 4 is 11.9 Å². The molecule has 0 radical (unpaired) electrons. The van der Waals surface area contributed by atoms with Crippen molar-refractivity contribution in [1.82, 2.24) is 0 Å². The SMILES string of the molecule is Cc1ccc(C(C=NCC(CC(C)(C)C)OC(C)(C)C)=NN)cc1. The minimum Gasteiger partial charge on any atom is -0.371 e. The molecule has 4 heteroatoms. The predicted molar refractivity (Wildman–Crippen MR) is 104 cm³/mol. The maximum atomic E-state index is 6.17. The lowest BCUT2D eigenvalue weighted by atomic mass is 9.89. The van der Waals surface area contributed by atoms with Crippen LogP contribution in [-0.4, -0.2) is 30.2 Å². The van der Waals surface area contributed by atoms with E-state index in [1.807, 2.05) is 24.3 Å². The molecule has 0 spiro atoms. The van der Waals surface area contributed by atoms with Gasteiger partial charge < -0.3 is 10.6 Å². The van der Waals surface area contributed by atoms with Crippen LogP contribution < -0.4 is 5.84 Å². The van der Waals surface area contributed by atoms with Crippen molar-refractivity contribution < 1.29 is 4.74 Å². The number of nitrogens with zero attached hydrogens (tertiary/aromatic N) is 2. The van der Waals surface area contributed by atoms with Crippen molar-refractivity contribution in [3.05, 3.63) is 35.4 Å². The van der Waals surface area contributed by atoms with Gasteiger partial charge >= 0.3 is 0 Å².